The van der Waals surface area contributed by atoms with E-state index in [1.807, 2.05) is 0 Å². The van der Waals surface area contributed by atoms with Gasteiger partial charge in [-0.3, -0.25) is 4.79 Å². The molecule has 110 valence electrons. The van der Waals surface area contributed by atoms with Gasteiger partial charge in [-0.25, -0.2) is 13.6 Å². The van der Waals surface area contributed by atoms with Crippen molar-refractivity contribution in [3.8, 4) is 5.75 Å². The zero-order chi connectivity index (χ0) is 15.6. The van der Waals surface area contributed by atoms with Gasteiger partial charge in [0, 0.05) is 5.56 Å². The summed E-state index contributed by atoms with van der Waals surface area (Å²) in [4.78, 5) is 11.9. The highest BCUT2D eigenvalue weighted by atomic mass is 79.9. The molecule has 6 nitrogen and oxygen atoms in total. The molecular formula is C13H11BrN2O4S. The summed E-state index contributed by atoms with van der Waals surface area (Å²) < 4.78 is 23.3. The standard InChI is InChI=1S/C13H11BrN2O4S/c14-9-6-5-8(7-11(9)17)13(18)16-10-3-1-2-4-12(10)21(15,19)20/h1-7,17H,(H,16,18)(H2,15,19,20). The van der Waals surface area contributed by atoms with Gasteiger partial charge in [0.2, 0.25) is 10.0 Å². The van der Waals surface area contributed by atoms with Crippen LogP contribution in [0.25, 0.3) is 0 Å². The van der Waals surface area contributed by atoms with Crippen LogP contribution in [-0.4, -0.2) is 19.4 Å². The maximum absolute atomic E-state index is 12.1. The molecule has 0 spiro atoms. The van der Waals surface area contributed by atoms with Gasteiger partial charge in [0.05, 0.1) is 10.2 Å². The van der Waals surface area contributed by atoms with Crippen LogP contribution < -0.4 is 10.5 Å². The number of para-hydroxylation sites is 1. The number of sulfonamides is 1. The minimum Gasteiger partial charge on any atom is -0.507 e. The SMILES string of the molecule is NS(=O)(=O)c1ccccc1NC(=O)c1ccc(Br)c(O)c1. The summed E-state index contributed by atoms with van der Waals surface area (Å²) in [5, 5.41) is 17.1. The Kier molecular flexibility index (Phi) is 4.31. The average molecular weight is 371 g/mol. The molecule has 0 aromatic heterocycles. The number of nitrogens with one attached hydrogen (secondary N) is 1. The molecule has 21 heavy (non-hydrogen) atoms. The number of primary sulfonamides is 1. The second-order valence-corrected chi connectivity index (χ2v) is 6.55. The number of halogens is 1. The number of phenols is 1. The normalized spacial score (nSPS) is 11.1. The van der Waals surface area contributed by atoms with Crippen LogP contribution in [0.1, 0.15) is 10.4 Å². The van der Waals surface area contributed by atoms with Crippen LogP contribution in [-0.2, 0) is 10.0 Å². The molecule has 0 unspecified atom stereocenters. The molecule has 2 aromatic carbocycles. The molecule has 0 aliphatic carbocycles. The Labute approximate surface area is 129 Å². The predicted octanol–water partition coefficient (Wildman–Crippen LogP) is 2.05. The van der Waals surface area contributed by atoms with Gasteiger partial charge in [0.25, 0.3) is 5.91 Å². The zero-order valence-electron chi connectivity index (χ0n) is 10.6. The lowest BCUT2D eigenvalue weighted by atomic mass is 10.2. The first kappa shape index (κ1) is 15.5. The Morgan fingerprint density at radius 2 is 1.86 bits per heavy atom. The fraction of sp³-hybridized carbons (Fsp3) is 0. The van der Waals surface area contributed by atoms with Crippen LogP contribution in [0, 0.1) is 0 Å². The van der Waals surface area contributed by atoms with Crippen molar-refractivity contribution in [2.75, 3.05) is 5.32 Å². The highest BCUT2D eigenvalue weighted by Gasteiger charge is 2.16. The summed E-state index contributed by atoms with van der Waals surface area (Å²) in [7, 11) is -3.95. The number of amides is 1. The van der Waals surface area contributed by atoms with Gasteiger partial charge in [-0.1, -0.05) is 12.1 Å². The third kappa shape index (κ3) is 3.60. The number of aromatic hydroxyl groups is 1. The second-order valence-electron chi connectivity index (χ2n) is 4.16. The molecule has 4 N–H and O–H groups in total. The van der Waals surface area contributed by atoms with Gasteiger partial charge in [0.15, 0.2) is 0 Å². The van der Waals surface area contributed by atoms with Crippen molar-refractivity contribution in [2.24, 2.45) is 5.14 Å². The lowest BCUT2D eigenvalue weighted by Gasteiger charge is -2.10. The van der Waals surface area contributed by atoms with Crippen molar-refractivity contribution < 1.29 is 18.3 Å². The Bertz CT molecular complexity index is 806. The molecule has 8 heteroatoms. The minimum atomic E-state index is -3.95. The van der Waals surface area contributed by atoms with E-state index in [1.54, 1.807) is 6.07 Å². The number of nitrogens with two attached hydrogens (primary N) is 1. The topological polar surface area (TPSA) is 109 Å². The molecule has 0 fully saturated rings. The molecule has 0 saturated carbocycles. The summed E-state index contributed by atoms with van der Waals surface area (Å²) >= 11 is 3.11. The highest BCUT2D eigenvalue weighted by Crippen LogP contribution is 2.25. The van der Waals surface area contributed by atoms with E-state index in [2.05, 4.69) is 21.2 Å². The number of carbonyl (C=O) groups excluding carboxylic acids is 1. The Morgan fingerprint density at radius 3 is 2.48 bits per heavy atom. The predicted molar refractivity (Wildman–Crippen MR) is 81.6 cm³/mol. The van der Waals surface area contributed by atoms with E-state index in [-0.39, 0.29) is 21.9 Å². The quantitative estimate of drug-likeness (QED) is 0.767. The molecule has 0 saturated heterocycles. The van der Waals surface area contributed by atoms with Crippen molar-refractivity contribution in [1.82, 2.24) is 0 Å². The number of hydrogen-bond donors (Lipinski definition) is 3. The van der Waals surface area contributed by atoms with E-state index in [9.17, 15) is 18.3 Å². The van der Waals surface area contributed by atoms with Gasteiger partial charge >= 0.3 is 0 Å². The molecule has 2 aromatic rings. The maximum atomic E-state index is 12.1. The van der Waals surface area contributed by atoms with Gasteiger partial charge in [-0.05, 0) is 46.3 Å². The number of carbonyl (C=O) groups is 1. The molecule has 0 aliphatic rings. The molecule has 0 radical (unpaired) electrons. The first-order chi connectivity index (χ1) is 9.79. The minimum absolute atomic E-state index is 0.0763. The number of rotatable bonds is 3. The van der Waals surface area contributed by atoms with E-state index in [4.69, 9.17) is 5.14 Å². The summed E-state index contributed by atoms with van der Waals surface area (Å²) in [5.74, 6) is -0.656. The monoisotopic (exact) mass is 370 g/mol. The van der Waals surface area contributed by atoms with E-state index in [0.717, 1.165) is 0 Å². The molecular weight excluding hydrogens is 360 g/mol. The Hall–Kier alpha value is -1.90. The van der Waals surface area contributed by atoms with Gasteiger partial charge in [0.1, 0.15) is 10.6 Å². The third-order valence-electron chi connectivity index (χ3n) is 2.65. The number of phenolic OH excluding ortho intramolecular Hbond substituents is 1. The average Bonchev–Trinajstić information content (AvgIpc) is 2.41. The van der Waals surface area contributed by atoms with Crippen LogP contribution >= 0.6 is 15.9 Å². The molecule has 0 heterocycles. The Morgan fingerprint density at radius 1 is 1.19 bits per heavy atom. The van der Waals surface area contributed by atoms with E-state index < -0.39 is 15.9 Å². The third-order valence-corrected chi connectivity index (χ3v) is 4.29. The fourth-order valence-corrected chi connectivity index (χ4v) is 2.61. The first-order valence-corrected chi connectivity index (χ1v) is 8.04. The van der Waals surface area contributed by atoms with Crippen molar-refractivity contribution in [1.29, 1.82) is 0 Å². The summed E-state index contributed by atoms with van der Waals surface area (Å²) in [6.45, 7) is 0. The second kappa shape index (κ2) is 5.84. The summed E-state index contributed by atoms with van der Waals surface area (Å²) in [6.07, 6.45) is 0. The maximum Gasteiger partial charge on any atom is 0.255 e. The van der Waals surface area contributed by atoms with Gasteiger partial charge < -0.3 is 10.4 Å². The zero-order valence-corrected chi connectivity index (χ0v) is 13.0. The van der Waals surface area contributed by atoms with Crippen molar-refractivity contribution in [2.45, 2.75) is 4.90 Å². The summed E-state index contributed by atoms with van der Waals surface area (Å²) in [5.41, 5.74) is 0.257. The van der Waals surface area contributed by atoms with Crippen LogP contribution in [0.4, 0.5) is 5.69 Å². The number of anilines is 1. The molecule has 1 amide bonds. The van der Waals surface area contributed by atoms with Crippen molar-refractivity contribution >= 4 is 37.5 Å². The van der Waals surface area contributed by atoms with Crippen LogP contribution in [0.3, 0.4) is 0 Å². The first-order valence-electron chi connectivity index (χ1n) is 5.71. The van der Waals surface area contributed by atoms with E-state index >= 15 is 0 Å². The van der Waals surface area contributed by atoms with Crippen LogP contribution in [0.15, 0.2) is 51.8 Å². The van der Waals surface area contributed by atoms with Gasteiger partial charge in [-0.15, -0.1) is 0 Å². The van der Waals surface area contributed by atoms with Gasteiger partial charge in [-0.2, -0.15) is 0 Å². The molecule has 0 bridgehead atoms. The van der Waals surface area contributed by atoms with E-state index in [0.29, 0.717) is 4.47 Å². The highest BCUT2D eigenvalue weighted by molar-refractivity contribution is 9.10. The number of hydrogen-bond acceptors (Lipinski definition) is 4. The molecule has 0 aliphatic heterocycles. The summed E-state index contributed by atoms with van der Waals surface area (Å²) in [6, 6.07) is 10.1. The van der Waals surface area contributed by atoms with E-state index in [1.165, 1.54) is 36.4 Å². The molecule has 0 atom stereocenters. The van der Waals surface area contributed by atoms with Crippen molar-refractivity contribution in [3.05, 3.63) is 52.5 Å². The van der Waals surface area contributed by atoms with Crippen LogP contribution in [0.2, 0.25) is 0 Å². The Balaban J connectivity index is 2.34. The smallest absolute Gasteiger partial charge is 0.255 e. The lowest BCUT2D eigenvalue weighted by molar-refractivity contribution is 0.102. The van der Waals surface area contributed by atoms with Crippen LogP contribution in [0.5, 0.6) is 5.75 Å². The van der Waals surface area contributed by atoms with Crippen molar-refractivity contribution in [3.63, 3.8) is 0 Å². The largest absolute Gasteiger partial charge is 0.507 e. The lowest BCUT2D eigenvalue weighted by Crippen LogP contribution is -2.18. The number of benzene rings is 2. The fourth-order valence-electron chi connectivity index (χ4n) is 1.67. The molecule has 2 rings (SSSR count).